The number of aliphatic carboxylic acids is 1. The number of carboxylic acid groups (broad SMARTS) is 3. The molecule has 0 fully saturated rings. The fourth-order valence-corrected chi connectivity index (χ4v) is 3.66. The fourth-order valence-electron chi connectivity index (χ4n) is 3.66. The van der Waals surface area contributed by atoms with Gasteiger partial charge >= 0.3 is 47.8 Å². The predicted octanol–water partition coefficient (Wildman–Crippen LogP) is 3.43. The molecule has 0 radical (unpaired) electrons. The van der Waals surface area contributed by atoms with E-state index in [1.54, 1.807) is 20.8 Å². The Hall–Kier alpha value is -5.70. The molecule has 2 aromatic rings. The second-order valence-corrected chi connectivity index (χ2v) is 10.4. The zero-order valence-corrected chi connectivity index (χ0v) is 25.7. The Morgan fingerprint density at radius 1 is 0.660 bits per heavy atom. The van der Waals surface area contributed by atoms with Gasteiger partial charge in [0.25, 0.3) is 0 Å². The van der Waals surface area contributed by atoms with Crippen molar-refractivity contribution in [1.29, 1.82) is 0 Å². The fraction of sp³-hybridized carbons (Fsp3) is 0.312. The summed E-state index contributed by atoms with van der Waals surface area (Å²) in [4.78, 5) is 89.9. The third-order valence-electron chi connectivity index (χ3n) is 5.69. The number of hydrogen-bond donors (Lipinski definition) is 4. The number of aliphatic hydroxyl groups is 1. The molecule has 4 N–H and O–H groups in total. The van der Waals surface area contributed by atoms with Crippen LogP contribution in [0.1, 0.15) is 94.3 Å². The topological polar surface area (TPSA) is 245 Å². The maximum atomic E-state index is 11.9. The molecule has 0 spiro atoms. The first-order chi connectivity index (χ1) is 21.9. The minimum atomic E-state index is -1.21. The Balaban J connectivity index is 0.000000620. The Morgan fingerprint density at radius 2 is 1.02 bits per heavy atom. The van der Waals surface area contributed by atoms with E-state index >= 15 is 0 Å². The van der Waals surface area contributed by atoms with E-state index in [4.69, 9.17) is 25.2 Å². The lowest BCUT2D eigenvalue weighted by molar-refractivity contribution is -0.152. The number of carbonyl (C=O) groups is 8. The van der Waals surface area contributed by atoms with E-state index in [0.717, 1.165) is 6.08 Å². The summed E-state index contributed by atoms with van der Waals surface area (Å²) in [5.74, 6) is -7.74. The molecular weight excluding hydrogens is 624 g/mol. The number of esters is 5. The number of unbranched alkanes of at least 4 members (excludes halogenated alkanes) is 1. The van der Waals surface area contributed by atoms with Crippen LogP contribution in [0.4, 0.5) is 0 Å². The van der Waals surface area contributed by atoms with Gasteiger partial charge in [-0.25, -0.2) is 28.8 Å². The first-order valence-corrected chi connectivity index (χ1v) is 13.9. The molecule has 1 atom stereocenters. The highest BCUT2D eigenvalue weighted by Gasteiger charge is 2.24. The number of rotatable bonds is 14. The number of carbonyl (C=O) groups excluding carboxylic acids is 5. The zero-order chi connectivity index (χ0) is 35.7. The third kappa shape index (κ3) is 16.3. The second-order valence-electron chi connectivity index (χ2n) is 10.4. The van der Waals surface area contributed by atoms with Crippen molar-refractivity contribution in [2.24, 2.45) is 0 Å². The van der Waals surface area contributed by atoms with Gasteiger partial charge in [-0.15, -0.1) is 0 Å². The van der Waals surface area contributed by atoms with Crippen molar-refractivity contribution in [3.63, 3.8) is 0 Å². The molecule has 0 aromatic heterocycles. The Labute approximate surface area is 268 Å². The summed E-state index contributed by atoms with van der Waals surface area (Å²) >= 11 is 0. The van der Waals surface area contributed by atoms with Gasteiger partial charge < -0.3 is 34.6 Å². The third-order valence-corrected chi connectivity index (χ3v) is 5.69. The molecule has 2 rings (SSSR count). The lowest BCUT2D eigenvalue weighted by Gasteiger charge is -2.25. The van der Waals surface area contributed by atoms with Gasteiger partial charge in [0, 0.05) is 31.4 Å². The maximum absolute atomic E-state index is 11.9. The Kier molecular flexibility index (Phi) is 15.9. The van der Waals surface area contributed by atoms with Crippen LogP contribution < -0.4 is 0 Å². The van der Waals surface area contributed by atoms with E-state index in [1.807, 2.05) is 0 Å². The van der Waals surface area contributed by atoms with Gasteiger partial charge in [-0.1, -0.05) is 0 Å². The molecule has 0 saturated heterocycles. The van der Waals surface area contributed by atoms with Crippen molar-refractivity contribution in [2.75, 3.05) is 0 Å². The van der Waals surface area contributed by atoms with Crippen LogP contribution in [-0.4, -0.2) is 79.9 Å². The number of aliphatic hydroxyl groups excluding tert-OH is 1. The van der Waals surface area contributed by atoms with Crippen LogP contribution in [0, 0.1) is 0 Å². The van der Waals surface area contributed by atoms with Crippen LogP contribution in [0.3, 0.4) is 0 Å². The van der Waals surface area contributed by atoms with Crippen molar-refractivity contribution in [3.8, 4) is 0 Å². The summed E-state index contributed by atoms with van der Waals surface area (Å²) in [6.45, 7) is 4.88. The number of ether oxygens (including phenoxy) is 3. The molecule has 0 aliphatic carbocycles. The number of carboxylic acids is 3. The van der Waals surface area contributed by atoms with Gasteiger partial charge in [0.05, 0.1) is 28.4 Å². The first kappa shape index (κ1) is 39.3. The van der Waals surface area contributed by atoms with Gasteiger partial charge in [-0.05, 0) is 82.1 Å². The van der Waals surface area contributed by atoms with Crippen molar-refractivity contribution >= 4 is 47.8 Å². The Bertz CT molecular complexity index is 1400. The normalized spacial score (nSPS) is 11.3. The first-order valence-electron chi connectivity index (χ1n) is 13.9. The molecule has 0 amide bonds. The standard InChI is InChI=1S/C22H18O10.C10H16O5/c23-17(31-21(29)15-9-5-13(6-10-15)19(25)26)3-1-2-4-18(24)32-22(30)16-11-7-14(8-12-16)20(27)28;1-7(11)6-10(2,3)15-9(14)5-4-8(12)13/h5-12H,1-4H2,(H,25,26)(H,27,28);4-5,7,11H,6H2,1-3H3,(H,12,13)/b;5-4-. The van der Waals surface area contributed by atoms with Crippen molar-refractivity contribution < 1.29 is 73.0 Å². The zero-order valence-electron chi connectivity index (χ0n) is 25.7. The average Bonchev–Trinajstić information content (AvgIpc) is 2.97. The highest BCUT2D eigenvalue weighted by molar-refractivity contribution is 5.99. The highest BCUT2D eigenvalue weighted by atomic mass is 16.6. The number of aromatic carboxylic acids is 2. The molecule has 1 unspecified atom stereocenters. The summed E-state index contributed by atoms with van der Waals surface area (Å²) in [5.41, 5.74) is -0.816. The molecule has 2 aromatic carbocycles. The maximum Gasteiger partial charge on any atom is 0.345 e. The molecule has 0 aliphatic rings. The summed E-state index contributed by atoms with van der Waals surface area (Å²) in [6, 6.07) is 9.71. The lowest BCUT2D eigenvalue weighted by atomic mass is 10.0. The van der Waals surface area contributed by atoms with Crippen LogP contribution >= 0.6 is 0 Å². The van der Waals surface area contributed by atoms with E-state index in [9.17, 15) is 38.4 Å². The monoisotopic (exact) mass is 658 g/mol. The molecule has 15 nitrogen and oxygen atoms in total. The van der Waals surface area contributed by atoms with Crippen LogP contribution in [0.5, 0.6) is 0 Å². The van der Waals surface area contributed by atoms with Crippen LogP contribution in [0.2, 0.25) is 0 Å². The van der Waals surface area contributed by atoms with Gasteiger partial charge in [-0.2, -0.15) is 0 Å². The van der Waals surface area contributed by atoms with E-state index in [0.29, 0.717) is 12.5 Å². The summed E-state index contributed by atoms with van der Waals surface area (Å²) < 4.78 is 14.3. The predicted molar refractivity (Wildman–Crippen MR) is 159 cm³/mol. The van der Waals surface area contributed by atoms with E-state index < -0.39 is 59.5 Å². The summed E-state index contributed by atoms with van der Waals surface area (Å²) in [5, 5.41) is 35.0. The summed E-state index contributed by atoms with van der Waals surface area (Å²) in [7, 11) is 0. The molecule has 47 heavy (non-hydrogen) atoms. The molecule has 0 bridgehead atoms. The average molecular weight is 659 g/mol. The molecule has 0 aliphatic heterocycles. The van der Waals surface area contributed by atoms with Crippen LogP contribution in [-0.2, 0) is 33.4 Å². The molecule has 0 heterocycles. The smallest absolute Gasteiger partial charge is 0.345 e. The van der Waals surface area contributed by atoms with Gasteiger partial charge in [-0.3, -0.25) is 9.59 Å². The SMILES string of the molecule is CC(O)CC(C)(C)OC(=O)/C=C\C(=O)O.O=C(CCCCC(=O)OC(=O)c1ccc(C(=O)O)cc1)OC(=O)c1ccc(C(=O)O)cc1. The van der Waals surface area contributed by atoms with E-state index in [2.05, 4.69) is 9.47 Å². The minimum Gasteiger partial charge on any atom is -0.478 e. The highest BCUT2D eigenvalue weighted by Crippen LogP contribution is 2.17. The minimum absolute atomic E-state index is 0.0156. The lowest BCUT2D eigenvalue weighted by Crippen LogP contribution is -2.31. The largest absolute Gasteiger partial charge is 0.478 e. The quantitative estimate of drug-likeness (QED) is 0.0746. The van der Waals surface area contributed by atoms with Crippen LogP contribution in [0.25, 0.3) is 0 Å². The van der Waals surface area contributed by atoms with Crippen molar-refractivity contribution in [2.45, 2.75) is 64.6 Å². The second kappa shape index (κ2) is 19.0. The van der Waals surface area contributed by atoms with Gasteiger partial charge in [0.2, 0.25) is 0 Å². The number of benzene rings is 2. The van der Waals surface area contributed by atoms with Gasteiger partial charge in [0.1, 0.15) is 5.60 Å². The molecular formula is C32H34O15. The molecule has 252 valence electrons. The van der Waals surface area contributed by atoms with Crippen molar-refractivity contribution in [3.05, 3.63) is 82.9 Å². The van der Waals surface area contributed by atoms with E-state index in [1.165, 1.54) is 48.5 Å². The molecule has 0 saturated carbocycles. The van der Waals surface area contributed by atoms with Gasteiger partial charge in [0.15, 0.2) is 0 Å². The van der Waals surface area contributed by atoms with Crippen molar-refractivity contribution in [1.82, 2.24) is 0 Å². The van der Waals surface area contributed by atoms with Crippen LogP contribution in [0.15, 0.2) is 60.7 Å². The Morgan fingerprint density at radius 3 is 1.34 bits per heavy atom. The van der Waals surface area contributed by atoms with E-state index in [-0.39, 0.29) is 47.9 Å². The molecule has 15 heteroatoms. The summed E-state index contributed by atoms with van der Waals surface area (Å²) in [6.07, 6.45) is 1.33. The number of hydrogen-bond acceptors (Lipinski definition) is 12.